The van der Waals surface area contributed by atoms with Crippen LogP contribution in [0.5, 0.6) is 0 Å². The second-order valence-electron chi connectivity index (χ2n) is 9.46. The molecule has 0 radical (unpaired) electrons. The lowest BCUT2D eigenvalue weighted by atomic mass is 9.91. The quantitative estimate of drug-likeness (QED) is 0.276. The predicted octanol–water partition coefficient (Wildman–Crippen LogP) is 5.85. The Bertz CT molecular complexity index is 1240. The molecule has 1 aliphatic rings. The molecule has 1 aromatic carbocycles. The highest BCUT2D eigenvalue weighted by Gasteiger charge is 2.23. The van der Waals surface area contributed by atoms with Crippen molar-refractivity contribution in [1.82, 2.24) is 24.5 Å². The standard InChI is InChI=1S/C21H28BrN7.C6H7N/c1-13(2)29-12-25-18-19(24-11-14-7-9-15(22)10-8-14)27-21(28-20(18)29)26-17-6-4-3-5-16(17)23;1-6-4-2-3-5-7-6/h7-10,12-13,16-17H,3-6,11,23H2,1-2H3,(H2,24,26,27,28);2-5H,1H3/t16-,17+;/m0./s1. The average Bonchev–Trinajstić information content (AvgIpc) is 3.30. The Labute approximate surface area is 221 Å². The molecule has 0 aliphatic heterocycles. The van der Waals surface area contributed by atoms with Crippen LogP contribution in [-0.2, 0) is 6.54 Å². The van der Waals surface area contributed by atoms with Crippen molar-refractivity contribution < 1.29 is 0 Å². The molecule has 9 heteroatoms. The van der Waals surface area contributed by atoms with Crippen LogP contribution in [0.4, 0.5) is 11.8 Å². The molecule has 0 saturated heterocycles. The number of halogens is 1. The number of aryl methyl sites for hydroxylation is 1. The molecule has 190 valence electrons. The first-order chi connectivity index (χ1) is 17.4. The number of aromatic nitrogens is 5. The van der Waals surface area contributed by atoms with Crippen LogP contribution in [0, 0.1) is 6.92 Å². The van der Waals surface area contributed by atoms with E-state index >= 15 is 0 Å². The Morgan fingerprint density at radius 3 is 2.47 bits per heavy atom. The van der Waals surface area contributed by atoms with Crippen molar-refractivity contribution in [2.45, 2.75) is 71.1 Å². The first kappa shape index (κ1) is 26.0. The topological polar surface area (TPSA) is 107 Å². The lowest BCUT2D eigenvalue weighted by molar-refractivity contribution is 0.402. The van der Waals surface area contributed by atoms with E-state index in [-0.39, 0.29) is 18.1 Å². The fourth-order valence-corrected chi connectivity index (χ4v) is 4.49. The first-order valence-corrected chi connectivity index (χ1v) is 13.3. The summed E-state index contributed by atoms with van der Waals surface area (Å²) >= 11 is 3.48. The number of hydrogen-bond acceptors (Lipinski definition) is 7. The number of pyridine rings is 1. The van der Waals surface area contributed by atoms with Gasteiger partial charge in [-0.05, 0) is 63.4 Å². The van der Waals surface area contributed by atoms with Crippen molar-refractivity contribution in [3.05, 3.63) is 70.7 Å². The van der Waals surface area contributed by atoms with Gasteiger partial charge in [-0.25, -0.2) is 4.98 Å². The molecule has 1 fully saturated rings. The van der Waals surface area contributed by atoms with Crippen molar-refractivity contribution in [1.29, 1.82) is 0 Å². The van der Waals surface area contributed by atoms with Gasteiger partial charge in [0.2, 0.25) is 5.95 Å². The van der Waals surface area contributed by atoms with Crippen molar-refractivity contribution in [2.24, 2.45) is 5.73 Å². The molecule has 4 N–H and O–H groups in total. The zero-order valence-corrected chi connectivity index (χ0v) is 22.7. The predicted molar refractivity (Wildman–Crippen MR) is 150 cm³/mol. The third kappa shape index (κ3) is 6.79. The molecule has 0 spiro atoms. The number of imidazole rings is 1. The molecule has 4 aromatic rings. The van der Waals surface area contributed by atoms with Gasteiger partial charge in [-0.3, -0.25) is 4.98 Å². The number of rotatable bonds is 6. The van der Waals surface area contributed by atoms with E-state index in [1.54, 1.807) is 6.20 Å². The van der Waals surface area contributed by atoms with Gasteiger partial charge in [-0.1, -0.05) is 47.0 Å². The van der Waals surface area contributed by atoms with Crippen LogP contribution in [-0.4, -0.2) is 36.6 Å². The van der Waals surface area contributed by atoms with Gasteiger partial charge in [0.15, 0.2) is 17.0 Å². The van der Waals surface area contributed by atoms with Crippen LogP contribution in [0.1, 0.15) is 56.8 Å². The van der Waals surface area contributed by atoms with Crippen LogP contribution in [0.3, 0.4) is 0 Å². The molecular weight excluding hydrogens is 516 g/mol. The summed E-state index contributed by atoms with van der Waals surface area (Å²) < 4.78 is 3.14. The van der Waals surface area contributed by atoms with Crippen LogP contribution in [0.25, 0.3) is 11.2 Å². The normalized spacial score (nSPS) is 17.5. The summed E-state index contributed by atoms with van der Waals surface area (Å²) in [6.07, 6.45) is 8.10. The summed E-state index contributed by atoms with van der Waals surface area (Å²) in [6, 6.07) is 14.7. The Balaban J connectivity index is 0.000000375. The van der Waals surface area contributed by atoms with Gasteiger partial charge in [0.05, 0.1) is 6.33 Å². The molecule has 8 nitrogen and oxygen atoms in total. The van der Waals surface area contributed by atoms with Crippen molar-refractivity contribution in [3.8, 4) is 0 Å². The largest absolute Gasteiger partial charge is 0.364 e. The Morgan fingerprint density at radius 2 is 1.83 bits per heavy atom. The van der Waals surface area contributed by atoms with Crippen LogP contribution < -0.4 is 16.4 Å². The van der Waals surface area contributed by atoms with E-state index in [4.69, 9.17) is 15.7 Å². The van der Waals surface area contributed by atoms with Gasteiger partial charge >= 0.3 is 0 Å². The van der Waals surface area contributed by atoms with Gasteiger partial charge in [0.1, 0.15) is 0 Å². The van der Waals surface area contributed by atoms with E-state index in [1.807, 2.05) is 43.6 Å². The Morgan fingerprint density at radius 1 is 1.06 bits per heavy atom. The van der Waals surface area contributed by atoms with Gasteiger partial charge in [-0.15, -0.1) is 0 Å². The molecule has 36 heavy (non-hydrogen) atoms. The van der Waals surface area contributed by atoms with Crippen LogP contribution in [0.2, 0.25) is 0 Å². The van der Waals surface area contributed by atoms with E-state index in [2.05, 4.69) is 67.1 Å². The van der Waals surface area contributed by atoms with E-state index in [9.17, 15) is 0 Å². The molecule has 5 rings (SSSR count). The molecule has 3 heterocycles. The molecule has 0 amide bonds. The lowest BCUT2D eigenvalue weighted by Crippen LogP contribution is -2.43. The highest BCUT2D eigenvalue weighted by Crippen LogP contribution is 2.26. The third-order valence-electron chi connectivity index (χ3n) is 6.30. The van der Waals surface area contributed by atoms with Gasteiger partial charge in [0.25, 0.3) is 0 Å². The average molecular weight is 552 g/mol. The molecule has 0 unspecified atom stereocenters. The fraction of sp³-hybridized carbons (Fsp3) is 0.407. The third-order valence-corrected chi connectivity index (χ3v) is 6.83. The van der Waals surface area contributed by atoms with Gasteiger partial charge in [0, 0.05) is 41.0 Å². The summed E-state index contributed by atoms with van der Waals surface area (Å²) in [6.45, 7) is 6.89. The van der Waals surface area contributed by atoms with Gasteiger partial charge in [-0.2, -0.15) is 9.97 Å². The first-order valence-electron chi connectivity index (χ1n) is 12.5. The number of fused-ring (bicyclic) bond motifs is 1. The minimum Gasteiger partial charge on any atom is -0.364 e. The summed E-state index contributed by atoms with van der Waals surface area (Å²) in [7, 11) is 0. The number of hydrogen-bond donors (Lipinski definition) is 3. The zero-order valence-electron chi connectivity index (χ0n) is 21.2. The molecule has 3 aromatic heterocycles. The molecule has 0 bridgehead atoms. The summed E-state index contributed by atoms with van der Waals surface area (Å²) in [5.41, 5.74) is 10.2. The summed E-state index contributed by atoms with van der Waals surface area (Å²) in [5.74, 6) is 1.35. The maximum Gasteiger partial charge on any atom is 0.227 e. The number of benzene rings is 1. The summed E-state index contributed by atoms with van der Waals surface area (Å²) in [5, 5.41) is 6.94. The van der Waals surface area contributed by atoms with Crippen LogP contribution >= 0.6 is 15.9 Å². The monoisotopic (exact) mass is 550 g/mol. The molecule has 1 aliphatic carbocycles. The van der Waals surface area contributed by atoms with Crippen molar-refractivity contribution in [2.75, 3.05) is 10.6 Å². The molecule has 1 saturated carbocycles. The number of nitrogens with zero attached hydrogens (tertiary/aromatic N) is 5. The van der Waals surface area contributed by atoms with E-state index in [0.717, 1.165) is 40.0 Å². The van der Waals surface area contributed by atoms with Crippen molar-refractivity contribution >= 4 is 38.9 Å². The second-order valence-corrected chi connectivity index (χ2v) is 10.4. The minimum atomic E-state index is 0.136. The van der Waals surface area contributed by atoms with Crippen LogP contribution in [0.15, 0.2) is 59.5 Å². The van der Waals surface area contributed by atoms with Crippen molar-refractivity contribution in [3.63, 3.8) is 0 Å². The highest BCUT2D eigenvalue weighted by molar-refractivity contribution is 9.10. The number of nitrogens with two attached hydrogens (primary N) is 1. The van der Waals surface area contributed by atoms with E-state index in [1.165, 1.54) is 18.4 Å². The van der Waals surface area contributed by atoms with E-state index in [0.29, 0.717) is 12.5 Å². The minimum absolute atomic E-state index is 0.136. The Kier molecular flexibility index (Phi) is 8.88. The van der Waals surface area contributed by atoms with Gasteiger partial charge < -0.3 is 20.9 Å². The SMILES string of the molecule is CC(C)n1cnc2c(NCc3ccc(Br)cc3)nc(N[C@@H]3CCCC[C@@H]3N)nc21.Cc1ccccn1. The zero-order chi connectivity index (χ0) is 25.5. The molecule has 2 atom stereocenters. The number of nitrogens with one attached hydrogen (secondary N) is 2. The maximum atomic E-state index is 6.33. The Hall–Kier alpha value is -3.04. The maximum absolute atomic E-state index is 6.33. The lowest BCUT2D eigenvalue weighted by Gasteiger charge is -2.29. The fourth-order valence-electron chi connectivity index (χ4n) is 4.22. The molecular formula is C27H35BrN8. The second kappa shape index (κ2) is 12.3. The number of anilines is 2. The smallest absolute Gasteiger partial charge is 0.227 e. The highest BCUT2D eigenvalue weighted by atomic mass is 79.9. The van der Waals surface area contributed by atoms with E-state index < -0.39 is 0 Å². The summed E-state index contributed by atoms with van der Waals surface area (Å²) in [4.78, 5) is 18.1.